The number of nitrogens with zero attached hydrogens (tertiary/aromatic N) is 2. The number of hydrogen-bond acceptors (Lipinski definition) is 5. The number of hydrogen-bond donors (Lipinski definition) is 1. The SMILES string of the molecule is CCOC(=O)c1cccc(-c2ccc(CC/C(=N/O)c3cccc(-c4ccnc(C)c4)c3C)cc2)c1. The Kier molecular flexibility index (Phi) is 7.91. The second-order valence-electron chi connectivity index (χ2n) is 8.71. The Hall–Kier alpha value is -4.25. The molecule has 1 N–H and O–H groups in total. The molecule has 0 unspecified atom stereocenters. The summed E-state index contributed by atoms with van der Waals surface area (Å²) >= 11 is 0. The van der Waals surface area contributed by atoms with Crippen molar-refractivity contribution in [2.24, 2.45) is 5.16 Å². The van der Waals surface area contributed by atoms with Crippen molar-refractivity contribution in [3.8, 4) is 22.3 Å². The first-order valence-electron chi connectivity index (χ1n) is 12.1. The molecule has 4 aromatic rings. The van der Waals surface area contributed by atoms with Gasteiger partial charge in [-0.2, -0.15) is 0 Å². The number of ether oxygens (including phenoxy) is 1. The Morgan fingerprint density at radius 3 is 2.42 bits per heavy atom. The van der Waals surface area contributed by atoms with E-state index in [1.165, 1.54) is 0 Å². The summed E-state index contributed by atoms with van der Waals surface area (Å²) in [5.41, 5.74) is 9.51. The van der Waals surface area contributed by atoms with Gasteiger partial charge in [0.15, 0.2) is 0 Å². The summed E-state index contributed by atoms with van der Waals surface area (Å²) in [7, 11) is 0. The molecule has 0 fully saturated rings. The van der Waals surface area contributed by atoms with Gasteiger partial charge in [0.25, 0.3) is 0 Å². The Balaban J connectivity index is 1.48. The second-order valence-corrected chi connectivity index (χ2v) is 8.71. The van der Waals surface area contributed by atoms with Crippen molar-refractivity contribution < 1.29 is 14.7 Å². The van der Waals surface area contributed by atoms with Crippen LogP contribution in [0.25, 0.3) is 22.3 Å². The van der Waals surface area contributed by atoms with Crippen molar-refractivity contribution in [1.29, 1.82) is 0 Å². The van der Waals surface area contributed by atoms with E-state index in [2.05, 4.69) is 41.3 Å². The lowest BCUT2D eigenvalue weighted by Gasteiger charge is -2.13. The highest BCUT2D eigenvalue weighted by atomic mass is 16.5. The number of pyridine rings is 1. The molecule has 0 bridgehead atoms. The van der Waals surface area contributed by atoms with E-state index in [0.717, 1.165) is 51.1 Å². The lowest BCUT2D eigenvalue weighted by atomic mass is 9.92. The maximum atomic E-state index is 12.1. The largest absolute Gasteiger partial charge is 0.462 e. The summed E-state index contributed by atoms with van der Waals surface area (Å²) in [6, 6.07) is 25.8. The van der Waals surface area contributed by atoms with Crippen LogP contribution in [0.4, 0.5) is 0 Å². The van der Waals surface area contributed by atoms with Crippen LogP contribution in [-0.4, -0.2) is 28.5 Å². The Morgan fingerprint density at radius 1 is 0.917 bits per heavy atom. The standard InChI is InChI=1S/C31H30N2O3/c1-4-36-31(34)27-8-5-7-25(20-27)24-14-11-23(12-15-24)13-16-30(33-35)29-10-6-9-28(22(29)3)26-17-18-32-21(2)19-26/h5-12,14-15,17-20,35H,4,13,16H2,1-3H3/b33-30-. The van der Waals surface area contributed by atoms with Gasteiger partial charge in [-0.05, 0) is 91.3 Å². The topological polar surface area (TPSA) is 71.8 Å². The second kappa shape index (κ2) is 11.5. The van der Waals surface area contributed by atoms with Crippen LogP contribution in [0.5, 0.6) is 0 Å². The third kappa shape index (κ3) is 5.69. The van der Waals surface area contributed by atoms with Crippen LogP contribution in [0.2, 0.25) is 0 Å². The van der Waals surface area contributed by atoms with E-state index in [-0.39, 0.29) is 5.97 Å². The average molecular weight is 479 g/mol. The molecule has 182 valence electrons. The quantitative estimate of drug-likeness (QED) is 0.128. The number of carbonyl (C=O) groups is 1. The summed E-state index contributed by atoms with van der Waals surface area (Å²) < 4.78 is 5.11. The van der Waals surface area contributed by atoms with Crippen molar-refractivity contribution in [3.05, 3.63) is 113 Å². The van der Waals surface area contributed by atoms with Crippen molar-refractivity contribution >= 4 is 11.7 Å². The number of aryl methyl sites for hydroxylation is 2. The summed E-state index contributed by atoms with van der Waals surface area (Å²) in [5, 5.41) is 13.5. The van der Waals surface area contributed by atoms with Crippen LogP contribution in [0.3, 0.4) is 0 Å². The first kappa shape index (κ1) is 24.9. The van der Waals surface area contributed by atoms with E-state index >= 15 is 0 Å². The van der Waals surface area contributed by atoms with E-state index in [0.29, 0.717) is 24.3 Å². The van der Waals surface area contributed by atoms with Gasteiger partial charge in [0.2, 0.25) is 0 Å². The minimum absolute atomic E-state index is 0.315. The molecule has 0 atom stereocenters. The van der Waals surface area contributed by atoms with Gasteiger partial charge in [-0.3, -0.25) is 4.98 Å². The number of carbonyl (C=O) groups excluding carboxylic acids is 1. The minimum Gasteiger partial charge on any atom is -0.462 e. The van der Waals surface area contributed by atoms with Crippen LogP contribution >= 0.6 is 0 Å². The molecule has 1 aromatic heterocycles. The first-order chi connectivity index (χ1) is 17.5. The lowest BCUT2D eigenvalue weighted by Crippen LogP contribution is -2.06. The molecule has 0 amide bonds. The molecule has 1 heterocycles. The number of benzene rings is 3. The molecular weight excluding hydrogens is 448 g/mol. The van der Waals surface area contributed by atoms with E-state index < -0.39 is 0 Å². The van der Waals surface area contributed by atoms with E-state index in [1.54, 1.807) is 13.0 Å². The van der Waals surface area contributed by atoms with Gasteiger partial charge < -0.3 is 9.94 Å². The zero-order chi connectivity index (χ0) is 25.5. The summed E-state index contributed by atoms with van der Waals surface area (Å²) in [4.78, 5) is 16.4. The molecule has 5 heteroatoms. The van der Waals surface area contributed by atoms with Gasteiger partial charge in [0, 0.05) is 17.5 Å². The van der Waals surface area contributed by atoms with Crippen molar-refractivity contribution in [2.45, 2.75) is 33.6 Å². The number of esters is 1. The fourth-order valence-electron chi connectivity index (χ4n) is 4.38. The van der Waals surface area contributed by atoms with Gasteiger partial charge >= 0.3 is 5.97 Å². The summed E-state index contributed by atoms with van der Waals surface area (Å²) in [5.74, 6) is -0.315. The smallest absolute Gasteiger partial charge is 0.338 e. The van der Waals surface area contributed by atoms with Gasteiger partial charge in [-0.25, -0.2) is 4.79 Å². The average Bonchev–Trinajstić information content (AvgIpc) is 2.90. The summed E-state index contributed by atoms with van der Waals surface area (Å²) in [6.45, 7) is 6.19. The maximum Gasteiger partial charge on any atom is 0.338 e. The van der Waals surface area contributed by atoms with Crippen LogP contribution in [0.15, 0.2) is 90.2 Å². The number of rotatable bonds is 8. The maximum absolute atomic E-state index is 12.1. The Labute approximate surface area is 212 Å². The molecule has 0 aliphatic carbocycles. The Bertz CT molecular complexity index is 1390. The predicted octanol–water partition coefficient (Wildman–Crippen LogP) is 7.02. The minimum atomic E-state index is -0.315. The molecule has 0 saturated carbocycles. The normalized spacial score (nSPS) is 11.4. The van der Waals surface area contributed by atoms with Crippen molar-refractivity contribution in [3.63, 3.8) is 0 Å². The van der Waals surface area contributed by atoms with Crippen molar-refractivity contribution in [2.75, 3.05) is 6.61 Å². The van der Waals surface area contributed by atoms with Crippen LogP contribution in [0.1, 0.15) is 46.1 Å². The lowest BCUT2D eigenvalue weighted by molar-refractivity contribution is 0.0526. The van der Waals surface area contributed by atoms with Crippen molar-refractivity contribution in [1.82, 2.24) is 4.98 Å². The zero-order valence-corrected chi connectivity index (χ0v) is 20.9. The molecule has 3 aromatic carbocycles. The van der Waals surface area contributed by atoms with Gasteiger partial charge in [0.05, 0.1) is 17.9 Å². The van der Waals surface area contributed by atoms with Crippen LogP contribution in [0, 0.1) is 13.8 Å². The van der Waals surface area contributed by atoms with Crippen LogP contribution < -0.4 is 0 Å². The number of aromatic nitrogens is 1. The third-order valence-electron chi connectivity index (χ3n) is 6.28. The molecule has 0 aliphatic heterocycles. The highest BCUT2D eigenvalue weighted by molar-refractivity contribution is 6.03. The monoisotopic (exact) mass is 478 g/mol. The molecule has 4 rings (SSSR count). The molecule has 0 saturated heterocycles. The molecule has 0 spiro atoms. The van der Waals surface area contributed by atoms with E-state index in [4.69, 9.17) is 4.74 Å². The van der Waals surface area contributed by atoms with Crippen LogP contribution in [-0.2, 0) is 11.2 Å². The Morgan fingerprint density at radius 2 is 1.69 bits per heavy atom. The zero-order valence-electron chi connectivity index (χ0n) is 20.9. The molecule has 0 aliphatic rings. The van der Waals surface area contributed by atoms with Gasteiger partial charge in [0.1, 0.15) is 0 Å². The molecular formula is C31H30N2O3. The third-order valence-corrected chi connectivity index (χ3v) is 6.28. The molecule has 5 nitrogen and oxygen atoms in total. The fourth-order valence-corrected chi connectivity index (χ4v) is 4.38. The van der Waals surface area contributed by atoms with Gasteiger partial charge in [-0.1, -0.05) is 59.8 Å². The highest BCUT2D eigenvalue weighted by Crippen LogP contribution is 2.27. The number of oxime groups is 1. The molecule has 36 heavy (non-hydrogen) atoms. The van der Waals surface area contributed by atoms with E-state index in [1.807, 2.05) is 61.7 Å². The van der Waals surface area contributed by atoms with E-state index in [9.17, 15) is 10.0 Å². The summed E-state index contributed by atoms with van der Waals surface area (Å²) in [6.07, 6.45) is 3.16. The first-order valence-corrected chi connectivity index (χ1v) is 12.1. The molecule has 0 radical (unpaired) electrons. The van der Waals surface area contributed by atoms with Gasteiger partial charge in [-0.15, -0.1) is 0 Å². The highest BCUT2D eigenvalue weighted by Gasteiger charge is 2.13. The predicted molar refractivity (Wildman–Crippen MR) is 144 cm³/mol. The fraction of sp³-hybridized carbons (Fsp3) is 0.194.